The van der Waals surface area contributed by atoms with Gasteiger partial charge in [0.05, 0.1) is 12.3 Å². The fraction of sp³-hybridized carbons (Fsp3) is 0.350. The number of ketones is 1. The van der Waals surface area contributed by atoms with E-state index in [0.29, 0.717) is 6.04 Å². The van der Waals surface area contributed by atoms with E-state index in [4.69, 9.17) is 4.74 Å². The first-order valence-electron chi connectivity index (χ1n) is 8.58. The number of fused-ring (bicyclic) bond motifs is 3. The Kier molecular flexibility index (Phi) is 3.98. The summed E-state index contributed by atoms with van der Waals surface area (Å²) in [6.07, 6.45) is 1.03. The normalized spacial score (nSPS) is 19.7. The Bertz CT molecular complexity index is 772. The second kappa shape index (κ2) is 6.29. The van der Waals surface area contributed by atoms with Crippen molar-refractivity contribution >= 4 is 11.5 Å². The van der Waals surface area contributed by atoms with Gasteiger partial charge < -0.3 is 15.0 Å². The highest BCUT2D eigenvalue weighted by molar-refractivity contribution is 6.01. The van der Waals surface area contributed by atoms with Gasteiger partial charge in [0.2, 0.25) is 0 Å². The molecule has 4 heteroatoms. The Labute approximate surface area is 142 Å². The van der Waals surface area contributed by atoms with Crippen molar-refractivity contribution in [2.45, 2.75) is 19.4 Å². The van der Waals surface area contributed by atoms with Crippen LogP contribution in [0.5, 0.6) is 5.75 Å². The lowest BCUT2D eigenvalue weighted by atomic mass is 9.96. The Morgan fingerprint density at radius 3 is 3.00 bits per heavy atom. The second-order valence-corrected chi connectivity index (χ2v) is 6.47. The number of benzene rings is 2. The van der Waals surface area contributed by atoms with Crippen LogP contribution in [-0.4, -0.2) is 38.1 Å². The SMILES string of the molecule is CC(=O)c1ccccc1-c1ccc2c(c1)N1CCNC[C@@H]1CCO2. The van der Waals surface area contributed by atoms with Crippen molar-refractivity contribution in [2.75, 3.05) is 31.1 Å². The Morgan fingerprint density at radius 1 is 1.25 bits per heavy atom. The third kappa shape index (κ3) is 2.67. The summed E-state index contributed by atoms with van der Waals surface area (Å²) < 4.78 is 5.97. The summed E-state index contributed by atoms with van der Waals surface area (Å²) in [5.74, 6) is 1.04. The summed E-state index contributed by atoms with van der Waals surface area (Å²) in [5, 5.41) is 3.47. The van der Waals surface area contributed by atoms with Crippen LogP contribution in [0.3, 0.4) is 0 Å². The fourth-order valence-electron chi connectivity index (χ4n) is 3.71. The minimum absolute atomic E-state index is 0.0943. The predicted molar refractivity (Wildman–Crippen MR) is 96.0 cm³/mol. The number of carbonyl (C=O) groups excluding carboxylic acids is 1. The summed E-state index contributed by atoms with van der Waals surface area (Å²) in [7, 11) is 0. The smallest absolute Gasteiger partial charge is 0.160 e. The molecule has 1 fully saturated rings. The molecule has 2 aromatic carbocycles. The molecule has 0 spiro atoms. The number of hydrogen-bond donors (Lipinski definition) is 1. The molecule has 4 nitrogen and oxygen atoms in total. The van der Waals surface area contributed by atoms with Crippen molar-refractivity contribution < 1.29 is 9.53 Å². The zero-order valence-electron chi connectivity index (χ0n) is 13.9. The van der Waals surface area contributed by atoms with E-state index in [1.165, 1.54) is 0 Å². The van der Waals surface area contributed by atoms with Gasteiger partial charge in [0.25, 0.3) is 0 Å². The lowest BCUT2D eigenvalue weighted by molar-refractivity contribution is 0.101. The van der Waals surface area contributed by atoms with Gasteiger partial charge in [0.1, 0.15) is 5.75 Å². The summed E-state index contributed by atoms with van der Waals surface area (Å²) in [4.78, 5) is 14.4. The molecule has 2 aromatic rings. The van der Waals surface area contributed by atoms with Crippen LogP contribution in [-0.2, 0) is 0 Å². The molecule has 124 valence electrons. The molecule has 0 aromatic heterocycles. The van der Waals surface area contributed by atoms with E-state index in [2.05, 4.69) is 22.3 Å². The van der Waals surface area contributed by atoms with Crippen molar-refractivity contribution in [3.8, 4) is 16.9 Å². The number of piperazine rings is 1. The Hall–Kier alpha value is -2.33. The molecule has 4 rings (SSSR count). The molecular formula is C20H22N2O2. The number of carbonyl (C=O) groups is 1. The number of anilines is 1. The van der Waals surface area contributed by atoms with Crippen molar-refractivity contribution in [2.24, 2.45) is 0 Å². The van der Waals surface area contributed by atoms with Crippen LogP contribution >= 0.6 is 0 Å². The lowest BCUT2D eigenvalue weighted by Crippen LogP contribution is -2.51. The molecular weight excluding hydrogens is 300 g/mol. The van der Waals surface area contributed by atoms with Crippen LogP contribution in [0.4, 0.5) is 5.69 Å². The molecule has 2 aliphatic heterocycles. The molecule has 0 bridgehead atoms. The van der Waals surface area contributed by atoms with Crippen LogP contribution in [0.2, 0.25) is 0 Å². The predicted octanol–water partition coefficient (Wildman–Crippen LogP) is 3.12. The van der Waals surface area contributed by atoms with E-state index >= 15 is 0 Å². The maximum atomic E-state index is 12.0. The van der Waals surface area contributed by atoms with Gasteiger partial charge in [-0.2, -0.15) is 0 Å². The van der Waals surface area contributed by atoms with Crippen molar-refractivity contribution in [1.29, 1.82) is 0 Å². The first kappa shape index (κ1) is 15.2. The Morgan fingerprint density at radius 2 is 2.12 bits per heavy atom. The Balaban J connectivity index is 1.81. The summed E-state index contributed by atoms with van der Waals surface area (Å²) in [6.45, 7) is 5.34. The zero-order chi connectivity index (χ0) is 16.5. The van der Waals surface area contributed by atoms with E-state index in [-0.39, 0.29) is 5.78 Å². The number of ether oxygens (including phenoxy) is 1. The number of Topliss-reactive ketones (excluding diaryl/α,β-unsaturated/α-hetero) is 1. The maximum Gasteiger partial charge on any atom is 0.160 e. The van der Waals surface area contributed by atoms with Gasteiger partial charge in [-0.3, -0.25) is 4.79 Å². The summed E-state index contributed by atoms with van der Waals surface area (Å²) in [5.41, 5.74) is 3.98. The van der Waals surface area contributed by atoms with Gasteiger partial charge in [-0.25, -0.2) is 0 Å². The molecule has 2 aliphatic rings. The van der Waals surface area contributed by atoms with Gasteiger partial charge in [-0.1, -0.05) is 30.3 Å². The van der Waals surface area contributed by atoms with E-state index in [9.17, 15) is 4.79 Å². The lowest BCUT2D eigenvalue weighted by Gasteiger charge is -2.36. The van der Waals surface area contributed by atoms with Gasteiger partial charge in [-0.15, -0.1) is 0 Å². The average molecular weight is 322 g/mol. The zero-order valence-corrected chi connectivity index (χ0v) is 13.9. The number of nitrogens with zero attached hydrogens (tertiary/aromatic N) is 1. The molecule has 0 aliphatic carbocycles. The van der Waals surface area contributed by atoms with Crippen LogP contribution in [0, 0.1) is 0 Å². The fourth-order valence-corrected chi connectivity index (χ4v) is 3.71. The quantitative estimate of drug-likeness (QED) is 0.863. The molecule has 2 heterocycles. The average Bonchev–Trinajstić information content (AvgIpc) is 2.80. The topological polar surface area (TPSA) is 41.6 Å². The summed E-state index contributed by atoms with van der Waals surface area (Å²) in [6, 6.07) is 14.6. The van der Waals surface area contributed by atoms with Crippen LogP contribution in [0.25, 0.3) is 11.1 Å². The van der Waals surface area contributed by atoms with Crippen molar-refractivity contribution in [3.05, 3.63) is 48.0 Å². The minimum Gasteiger partial charge on any atom is -0.491 e. The van der Waals surface area contributed by atoms with Crippen LogP contribution in [0.15, 0.2) is 42.5 Å². The van der Waals surface area contributed by atoms with Crippen molar-refractivity contribution in [1.82, 2.24) is 5.32 Å². The first-order valence-corrected chi connectivity index (χ1v) is 8.58. The molecule has 24 heavy (non-hydrogen) atoms. The van der Waals surface area contributed by atoms with Gasteiger partial charge >= 0.3 is 0 Å². The molecule has 0 saturated carbocycles. The molecule has 0 unspecified atom stereocenters. The highest BCUT2D eigenvalue weighted by Crippen LogP contribution is 2.38. The number of rotatable bonds is 2. The van der Waals surface area contributed by atoms with Gasteiger partial charge in [0, 0.05) is 37.7 Å². The molecule has 1 N–H and O–H groups in total. The minimum atomic E-state index is 0.0943. The molecule has 0 amide bonds. The van der Waals surface area contributed by atoms with Crippen LogP contribution < -0.4 is 15.0 Å². The molecule has 0 radical (unpaired) electrons. The largest absolute Gasteiger partial charge is 0.491 e. The van der Waals surface area contributed by atoms with E-state index in [1.54, 1.807) is 6.92 Å². The van der Waals surface area contributed by atoms with E-state index < -0.39 is 0 Å². The number of nitrogens with one attached hydrogen (secondary N) is 1. The molecule has 1 saturated heterocycles. The van der Waals surface area contributed by atoms with Crippen LogP contribution in [0.1, 0.15) is 23.7 Å². The highest BCUT2D eigenvalue weighted by Gasteiger charge is 2.28. The monoisotopic (exact) mass is 322 g/mol. The van der Waals surface area contributed by atoms with Crippen molar-refractivity contribution in [3.63, 3.8) is 0 Å². The summed E-state index contributed by atoms with van der Waals surface area (Å²) >= 11 is 0. The second-order valence-electron chi connectivity index (χ2n) is 6.47. The van der Waals surface area contributed by atoms with E-state index in [1.807, 2.05) is 30.3 Å². The highest BCUT2D eigenvalue weighted by atomic mass is 16.5. The first-order chi connectivity index (χ1) is 11.7. The standard InChI is InChI=1S/C20H22N2O2/c1-14(23)17-4-2-3-5-18(17)15-6-7-20-19(12-15)22-10-9-21-13-16(22)8-11-24-20/h2-7,12,16,21H,8-11,13H2,1H3/t16-/m0/s1. The van der Waals surface area contributed by atoms with Gasteiger partial charge in [0.15, 0.2) is 5.78 Å². The van der Waals surface area contributed by atoms with E-state index in [0.717, 1.165) is 60.8 Å². The van der Waals surface area contributed by atoms with Gasteiger partial charge in [-0.05, 0) is 30.2 Å². The third-order valence-electron chi connectivity index (χ3n) is 4.94. The number of hydrogen-bond acceptors (Lipinski definition) is 4. The maximum absolute atomic E-state index is 12.0. The molecule has 1 atom stereocenters. The third-order valence-corrected chi connectivity index (χ3v) is 4.94.